The van der Waals surface area contributed by atoms with Crippen molar-refractivity contribution in [1.82, 2.24) is 15.0 Å². The average molecular weight is 438 g/mol. The van der Waals surface area contributed by atoms with Gasteiger partial charge in [-0.1, -0.05) is 57.2 Å². The zero-order valence-electron chi connectivity index (χ0n) is 19.0. The summed E-state index contributed by atoms with van der Waals surface area (Å²) in [5, 5.41) is 2.95. The highest BCUT2D eigenvalue weighted by Gasteiger charge is 2.27. The normalized spacial score (nSPS) is 11.3. The van der Waals surface area contributed by atoms with Crippen LogP contribution in [0.3, 0.4) is 0 Å². The highest BCUT2D eigenvalue weighted by molar-refractivity contribution is 5.93. The van der Waals surface area contributed by atoms with Gasteiger partial charge in [0.1, 0.15) is 11.6 Å². The quantitative estimate of drug-likeness (QED) is 0.414. The number of carbonyl (C=O) groups is 1. The molecule has 3 aromatic heterocycles. The topological polar surface area (TPSA) is 71.0 Å². The van der Waals surface area contributed by atoms with Crippen molar-refractivity contribution < 1.29 is 4.79 Å². The standard InChI is InChI=1S/C27H27N5O/c1-27(2,3)26(33)31-23-14-7-15-24(30-23)32(22-12-5-4-6-13-22)25(20-10-8-16-28-18-20)21-11-9-17-29-19-21/h4-19,25H,1-3H3,(H,30,31,33). The van der Waals surface area contributed by atoms with Gasteiger partial charge in [0.15, 0.2) is 0 Å². The van der Waals surface area contributed by atoms with Crippen LogP contribution in [0.2, 0.25) is 0 Å². The Bertz CT molecular complexity index is 1150. The zero-order valence-corrected chi connectivity index (χ0v) is 19.0. The van der Waals surface area contributed by atoms with E-state index < -0.39 is 5.41 Å². The van der Waals surface area contributed by atoms with Crippen LogP contribution in [0.1, 0.15) is 37.9 Å². The average Bonchev–Trinajstić information content (AvgIpc) is 2.83. The van der Waals surface area contributed by atoms with E-state index >= 15 is 0 Å². The van der Waals surface area contributed by atoms with Crippen LogP contribution < -0.4 is 10.2 Å². The molecule has 0 aliphatic carbocycles. The first-order valence-electron chi connectivity index (χ1n) is 10.9. The Kier molecular flexibility index (Phi) is 6.45. The first-order valence-corrected chi connectivity index (χ1v) is 10.9. The minimum Gasteiger partial charge on any atom is -0.315 e. The minimum absolute atomic E-state index is 0.0884. The molecule has 1 N–H and O–H groups in total. The number of hydrogen-bond donors (Lipinski definition) is 1. The summed E-state index contributed by atoms with van der Waals surface area (Å²) >= 11 is 0. The Morgan fingerprint density at radius 1 is 0.818 bits per heavy atom. The number of rotatable bonds is 6. The fraction of sp³-hybridized carbons (Fsp3) is 0.185. The summed E-state index contributed by atoms with van der Waals surface area (Å²) in [5.74, 6) is 1.12. The number of nitrogens with one attached hydrogen (secondary N) is 1. The lowest BCUT2D eigenvalue weighted by Gasteiger charge is -2.33. The first-order chi connectivity index (χ1) is 15.9. The molecule has 6 nitrogen and oxygen atoms in total. The number of para-hydroxylation sites is 1. The van der Waals surface area contributed by atoms with Gasteiger partial charge in [-0.2, -0.15) is 0 Å². The molecule has 1 aromatic carbocycles. The molecule has 3 heterocycles. The van der Waals surface area contributed by atoms with Crippen molar-refractivity contribution in [3.63, 3.8) is 0 Å². The van der Waals surface area contributed by atoms with Crippen LogP contribution >= 0.6 is 0 Å². The molecule has 0 saturated carbocycles. The van der Waals surface area contributed by atoms with Gasteiger partial charge in [0.25, 0.3) is 0 Å². The second kappa shape index (κ2) is 9.61. The van der Waals surface area contributed by atoms with Crippen LogP contribution in [0.25, 0.3) is 0 Å². The van der Waals surface area contributed by atoms with Crippen LogP contribution in [0.4, 0.5) is 17.3 Å². The molecule has 166 valence electrons. The van der Waals surface area contributed by atoms with Crippen molar-refractivity contribution in [2.45, 2.75) is 26.8 Å². The van der Waals surface area contributed by atoms with Crippen LogP contribution in [-0.4, -0.2) is 20.9 Å². The number of aromatic nitrogens is 3. The highest BCUT2D eigenvalue weighted by Crippen LogP contribution is 2.38. The molecule has 0 saturated heterocycles. The fourth-order valence-corrected chi connectivity index (χ4v) is 3.50. The molecule has 4 aromatic rings. The Morgan fingerprint density at radius 3 is 2.00 bits per heavy atom. The lowest BCUT2D eigenvalue weighted by molar-refractivity contribution is -0.123. The van der Waals surface area contributed by atoms with E-state index in [1.807, 2.05) is 99.9 Å². The Labute approximate surface area is 194 Å². The van der Waals surface area contributed by atoms with E-state index in [-0.39, 0.29) is 11.9 Å². The maximum atomic E-state index is 12.6. The largest absolute Gasteiger partial charge is 0.315 e. The van der Waals surface area contributed by atoms with Gasteiger partial charge in [0, 0.05) is 35.9 Å². The van der Waals surface area contributed by atoms with Gasteiger partial charge in [0.05, 0.1) is 6.04 Å². The Morgan fingerprint density at radius 2 is 1.45 bits per heavy atom. The van der Waals surface area contributed by atoms with Gasteiger partial charge in [0.2, 0.25) is 5.91 Å². The maximum Gasteiger partial charge on any atom is 0.230 e. The van der Waals surface area contributed by atoms with Crippen LogP contribution in [0.5, 0.6) is 0 Å². The van der Waals surface area contributed by atoms with Gasteiger partial charge >= 0.3 is 0 Å². The Balaban J connectivity index is 1.85. The van der Waals surface area contributed by atoms with Crippen molar-refractivity contribution >= 4 is 23.2 Å². The van der Waals surface area contributed by atoms with Crippen molar-refractivity contribution in [1.29, 1.82) is 0 Å². The van der Waals surface area contributed by atoms with Crippen LogP contribution in [-0.2, 0) is 4.79 Å². The van der Waals surface area contributed by atoms with Crippen molar-refractivity contribution in [3.05, 3.63) is 109 Å². The number of carbonyl (C=O) groups excluding carboxylic acids is 1. The molecule has 0 bridgehead atoms. The predicted molar refractivity (Wildman–Crippen MR) is 131 cm³/mol. The molecular weight excluding hydrogens is 410 g/mol. The second-order valence-electron chi connectivity index (χ2n) is 8.77. The maximum absolute atomic E-state index is 12.6. The lowest BCUT2D eigenvalue weighted by atomic mass is 9.96. The summed E-state index contributed by atoms with van der Waals surface area (Å²) in [6, 6.07) is 23.4. The van der Waals surface area contributed by atoms with E-state index in [9.17, 15) is 4.79 Å². The van der Waals surface area contributed by atoms with Crippen molar-refractivity contribution in [2.24, 2.45) is 5.41 Å². The third kappa shape index (κ3) is 5.23. The van der Waals surface area contributed by atoms with E-state index in [0.29, 0.717) is 11.6 Å². The zero-order chi connectivity index (χ0) is 23.3. The Hall–Kier alpha value is -4.06. The number of anilines is 3. The summed E-state index contributed by atoms with van der Waals surface area (Å²) < 4.78 is 0. The van der Waals surface area contributed by atoms with Gasteiger partial charge < -0.3 is 10.2 Å². The lowest BCUT2D eigenvalue weighted by Crippen LogP contribution is -2.29. The molecule has 0 aliphatic rings. The molecule has 6 heteroatoms. The van der Waals surface area contributed by atoms with E-state index in [1.54, 1.807) is 18.5 Å². The van der Waals surface area contributed by atoms with Gasteiger partial charge in [-0.3, -0.25) is 14.8 Å². The molecule has 0 unspecified atom stereocenters. The molecule has 0 radical (unpaired) electrons. The van der Waals surface area contributed by atoms with Crippen molar-refractivity contribution in [2.75, 3.05) is 10.2 Å². The van der Waals surface area contributed by atoms with E-state index in [4.69, 9.17) is 4.98 Å². The highest BCUT2D eigenvalue weighted by atomic mass is 16.2. The van der Waals surface area contributed by atoms with E-state index in [2.05, 4.69) is 20.2 Å². The van der Waals surface area contributed by atoms with Gasteiger partial charge in [-0.05, 0) is 47.5 Å². The summed E-state index contributed by atoms with van der Waals surface area (Å²) in [5.41, 5.74) is 2.44. The molecule has 1 amide bonds. The number of benzene rings is 1. The second-order valence-corrected chi connectivity index (χ2v) is 8.77. The van der Waals surface area contributed by atoms with Gasteiger partial charge in [-0.15, -0.1) is 0 Å². The number of hydrogen-bond acceptors (Lipinski definition) is 5. The number of amides is 1. The summed E-state index contributed by atoms with van der Waals surface area (Å²) in [7, 11) is 0. The monoisotopic (exact) mass is 437 g/mol. The summed E-state index contributed by atoms with van der Waals surface area (Å²) in [6.45, 7) is 5.63. The molecule has 0 spiro atoms. The third-order valence-corrected chi connectivity index (χ3v) is 5.20. The SMILES string of the molecule is CC(C)(C)C(=O)Nc1cccc(N(c2ccccc2)C(c2cccnc2)c2cccnc2)n1. The molecule has 0 atom stereocenters. The first kappa shape index (κ1) is 22.1. The number of pyridine rings is 3. The predicted octanol–water partition coefficient (Wildman–Crippen LogP) is 5.78. The molecule has 4 rings (SSSR count). The van der Waals surface area contributed by atoms with Gasteiger partial charge in [-0.25, -0.2) is 4.98 Å². The third-order valence-electron chi connectivity index (χ3n) is 5.20. The summed E-state index contributed by atoms with van der Waals surface area (Å²) in [4.78, 5) is 28.3. The fourth-order valence-electron chi connectivity index (χ4n) is 3.50. The molecular formula is C27H27N5O. The number of nitrogens with zero attached hydrogens (tertiary/aromatic N) is 4. The summed E-state index contributed by atoms with van der Waals surface area (Å²) in [6.07, 6.45) is 7.24. The minimum atomic E-state index is -0.523. The van der Waals surface area contributed by atoms with Crippen LogP contribution in [0.15, 0.2) is 97.6 Å². The molecule has 0 fully saturated rings. The van der Waals surface area contributed by atoms with E-state index in [1.165, 1.54) is 0 Å². The van der Waals surface area contributed by atoms with Crippen LogP contribution in [0, 0.1) is 5.41 Å². The van der Waals surface area contributed by atoms with Crippen molar-refractivity contribution in [3.8, 4) is 0 Å². The smallest absolute Gasteiger partial charge is 0.230 e. The molecule has 0 aliphatic heterocycles. The molecule has 33 heavy (non-hydrogen) atoms. The van der Waals surface area contributed by atoms with E-state index in [0.717, 1.165) is 16.8 Å².